The topological polar surface area (TPSA) is 53.4 Å². The van der Waals surface area contributed by atoms with Crippen LogP contribution in [-0.4, -0.2) is 22.8 Å². The second-order valence-electron chi connectivity index (χ2n) is 6.84. The monoisotopic (exact) mass is 400 g/mol. The number of hydrogen-bond donors (Lipinski definition) is 0. The van der Waals surface area contributed by atoms with E-state index in [1.165, 1.54) is 16.7 Å². The Morgan fingerprint density at radius 1 is 0.900 bits per heavy atom. The number of hydrogen-bond acceptors (Lipinski definition) is 4. The Balaban J connectivity index is 1.64. The second kappa shape index (κ2) is 7.48. The number of halogens is 1. The van der Waals surface area contributed by atoms with Gasteiger partial charge in [-0.2, -0.15) is 0 Å². The fourth-order valence-corrected chi connectivity index (χ4v) is 3.44. The zero-order chi connectivity index (χ0) is 20.5. The van der Waals surface area contributed by atoms with Crippen molar-refractivity contribution in [1.82, 2.24) is 9.55 Å². The third-order valence-electron chi connectivity index (χ3n) is 4.88. The number of nitrogens with zero attached hydrogens (tertiary/aromatic N) is 2. The van der Waals surface area contributed by atoms with E-state index in [9.17, 15) is 9.18 Å². The number of rotatable bonds is 3. The molecule has 0 radical (unpaired) electrons. The van der Waals surface area contributed by atoms with Crippen LogP contribution in [0, 0.1) is 5.82 Å². The molecule has 0 spiro atoms. The van der Waals surface area contributed by atoms with Gasteiger partial charge in [-0.1, -0.05) is 24.3 Å². The molecule has 1 aliphatic heterocycles. The minimum absolute atomic E-state index is 0.214. The molecule has 0 unspecified atom stereocenters. The molecule has 3 aromatic carbocycles. The fourth-order valence-electron chi connectivity index (χ4n) is 3.44. The van der Waals surface area contributed by atoms with Gasteiger partial charge < -0.3 is 9.47 Å². The van der Waals surface area contributed by atoms with Crippen molar-refractivity contribution in [2.45, 2.75) is 0 Å². The van der Waals surface area contributed by atoms with E-state index in [2.05, 4.69) is 4.98 Å². The maximum atomic E-state index is 13.4. The van der Waals surface area contributed by atoms with E-state index >= 15 is 0 Å². The largest absolute Gasteiger partial charge is 0.486 e. The van der Waals surface area contributed by atoms with Gasteiger partial charge in [0.25, 0.3) is 5.56 Å². The summed E-state index contributed by atoms with van der Waals surface area (Å²) in [6.07, 6.45) is 3.62. The third-order valence-corrected chi connectivity index (χ3v) is 4.88. The molecule has 4 aromatic rings. The van der Waals surface area contributed by atoms with Crippen LogP contribution in [0.1, 0.15) is 11.4 Å². The van der Waals surface area contributed by atoms with E-state index in [4.69, 9.17) is 9.47 Å². The molecule has 0 atom stereocenters. The second-order valence-corrected chi connectivity index (χ2v) is 6.84. The van der Waals surface area contributed by atoms with E-state index in [1.54, 1.807) is 36.4 Å². The molecule has 0 aliphatic carbocycles. The molecule has 30 heavy (non-hydrogen) atoms. The maximum absolute atomic E-state index is 13.4. The predicted molar refractivity (Wildman–Crippen MR) is 114 cm³/mol. The molecule has 1 aliphatic rings. The van der Waals surface area contributed by atoms with E-state index in [1.807, 2.05) is 30.3 Å². The standard InChI is InChI=1S/C24H17FN2O3/c25-17-7-9-18(10-8-17)27-23(26-20-4-2-1-3-19(20)24(27)28)12-6-16-5-11-21-22(15-16)30-14-13-29-21/h1-12,15H,13-14H2/b12-6+. The summed E-state index contributed by atoms with van der Waals surface area (Å²) in [5.41, 5.74) is 1.81. The summed E-state index contributed by atoms with van der Waals surface area (Å²) in [6.45, 7) is 1.05. The summed E-state index contributed by atoms with van der Waals surface area (Å²) in [7, 11) is 0. The fraction of sp³-hybridized carbons (Fsp3) is 0.0833. The van der Waals surface area contributed by atoms with Gasteiger partial charge >= 0.3 is 0 Å². The Morgan fingerprint density at radius 2 is 1.67 bits per heavy atom. The lowest BCUT2D eigenvalue weighted by Crippen LogP contribution is -2.22. The lowest BCUT2D eigenvalue weighted by Gasteiger charge is -2.18. The van der Waals surface area contributed by atoms with Crippen molar-refractivity contribution in [3.05, 3.63) is 94.3 Å². The van der Waals surface area contributed by atoms with E-state index < -0.39 is 0 Å². The highest BCUT2D eigenvalue weighted by molar-refractivity contribution is 5.80. The predicted octanol–water partition coefficient (Wildman–Crippen LogP) is 4.47. The van der Waals surface area contributed by atoms with Crippen molar-refractivity contribution in [2.75, 3.05) is 13.2 Å². The van der Waals surface area contributed by atoms with Crippen molar-refractivity contribution in [2.24, 2.45) is 0 Å². The van der Waals surface area contributed by atoms with Crippen LogP contribution >= 0.6 is 0 Å². The number of aromatic nitrogens is 2. The van der Waals surface area contributed by atoms with Gasteiger partial charge in [-0.15, -0.1) is 0 Å². The van der Waals surface area contributed by atoms with Gasteiger partial charge in [-0.05, 0) is 60.2 Å². The van der Waals surface area contributed by atoms with E-state index in [0.717, 1.165) is 5.56 Å². The van der Waals surface area contributed by atoms with Gasteiger partial charge in [-0.3, -0.25) is 9.36 Å². The quantitative estimate of drug-likeness (QED) is 0.509. The summed E-state index contributed by atoms with van der Waals surface area (Å²) >= 11 is 0. The molecule has 2 heterocycles. The molecule has 1 aromatic heterocycles. The van der Waals surface area contributed by atoms with Crippen molar-refractivity contribution in [3.8, 4) is 17.2 Å². The summed E-state index contributed by atoms with van der Waals surface area (Å²) in [6, 6.07) is 18.6. The molecule has 0 bridgehead atoms. The Labute approximate surface area is 171 Å². The zero-order valence-electron chi connectivity index (χ0n) is 15.9. The molecule has 5 rings (SSSR count). The third kappa shape index (κ3) is 3.33. The molecule has 6 heteroatoms. The normalized spacial score (nSPS) is 13.1. The van der Waals surface area contributed by atoms with Crippen LogP contribution in [0.5, 0.6) is 11.5 Å². The first-order valence-corrected chi connectivity index (χ1v) is 9.54. The molecule has 148 valence electrons. The Bertz CT molecular complexity index is 1330. The molecule has 5 nitrogen and oxygen atoms in total. The number of benzene rings is 3. The highest BCUT2D eigenvalue weighted by Gasteiger charge is 2.13. The highest BCUT2D eigenvalue weighted by atomic mass is 19.1. The van der Waals surface area contributed by atoms with Crippen LogP contribution in [0.25, 0.3) is 28.7 Å². The van der Waals surface area contributed by atoms with Crippen LogP contribution in [0.4, 0.5) is 4.39 Å². The minimum atomic E-state index is -0.367. The Hall–Kier alpha value is -3.93. The lowest BCUT2D eigenvalue weighted by molar-refractivity contribution is 0.171. The number of para-hydroxylation sites is 1. The van der Waals surface area contributed by atoms with E-state index in [-0.39, 0.29) is 11.4 Å². The van der Waals surface area contributed by atoms with Crippen molar-refractivity contribution >= 4 is 23.1 Å². The van der Waals surface area contributed by atoms with Crippen molar-refractivity contribution in [3.63, 3.8) is 0 Å². The summed E-state index contributed by atoms with van der Waals surface area (Å²) < 4.78 is 26.1. The first kappa shape index (κ1) is 18.1. The van der Waals surface area contributed by atoms with Crippen LogP contribution < -0.4 is 15.0 Å². The molecular formula is C24H17FN2O3. The SMILES string of the molecule is O=c1c2ccccc2nc(/C=C/c2ccc3c(c2)OCCO3)n1-c1ccc(F)cc1. The first-order valence-electron chi connectivity index (χ1n) is 9.54. The zero-order valence-corrected chi connectivity index (χ0v) is 15.9. The maximum Gasteiger partial charge on any atom is 0.266 e. The highest BCUT2D eigenvalue weighted by Crippen LogP contribution is 2.31. The van der Waals surface area contributed by atoms with Gasteiger partial charge in [0.05, 0.1) is 16.6 Å². The van der Waals surface area contributed by atoms with Crippen LogP contribution in [0.2, 0.25) is 0 Å². The molecule has 0 N–H and O–H groups in total. The average molecular weight is 400 g/mol. The van der Waals surface area contributed by atoms with E-state index in [0.29, 0.717) is 47.1 Å². The van der Waals surface area contributed by atoms with Crippen molar-refractivity contribution in [1.29, 1.82) is 0 Å². The molecule has 0 amide bonds. The van der Waals surface area contributed by atoms with Gasteiger partial charge in [0.15, 0.2) is 11.5 Å². The molecule has 0 fully saturated rings. The molecule has 0 saturated heterocycles. The van der Waals surface area contributed by atoms with Gasteiger partial charge in [0, 0.05) is 0 Å². The van der Waals surface area contributed by atoms with Gasteiger partial charge in [0.1, 0.15) is 24.9 Å². The summed E-state index contributed by atoms with van der Waals surface area (Å²) in [5, 5.41) is 0.498. The summed E-state index contributed by atoms with van der Waals surface area (Å²) in [5.74, 6) is 1.48. The van der Waals surface area contributed by atoms with Crippen LogP contribution in [0.15, 0.2) is 71.5 Å². The smallest absolute Gasteiger partial charge is 0.266 e. The first-order chi connectivity index (χ1) is 14.7. The Morgan fingerprint density at radius 3 is 2.50 bits per heavy atom. The van der Waals surface area contributed by atoms with Crippen LogP contribution in [0.3, 0.4) is 0 Å². The minimum Gasteiger partial charge on any atom is -0.486 e. The Kier molecular flexibility index (Phi) is 4.52. The number of fused-ring (bicyclic) bond motifs is 2. The van der Waals surface area contributed by atoms with Gasteiger partial charge in [-0.25, -0.2) is 9.37 Å². The molecular weight excluding hydrogens is 383 g/mol. The number of ether oxygens (including phenoxy) is 2. The average Bonchev–Trinajstić information content (AvgIpc) is 2.78. The molecule has 0 saturated carbocycles. The van der Waals surface area contributed by atoms with Crippen molar-refractivity contribution < 1.29 is 13.9 Å². The van der Waals surface area contributed by atoms with Gasteiger partial charge in [0.2, 0.25) is 0 Å². The van der Waals surface area contributed by atoms with Crippen LogP contribution in [-0.2, 0) is 0 Å². The lowest BCUT2D eigenvalue weighted by atomic mass is 10.1. The summed E-state index contributed by atoms with van der Waals surface area (Å²) in [4.78, 5) is 17.9.